The van der Waals surface area contributed by atoms with Gasteiger partial charge >= 0.3 is 7.60 Å². The zero-order chi connectivity index (χ0) is 17.6. The lowest BCUT2D eigenvalue weighted by molar-refractivity contribution is -0.0355. The predicted octanol–water partition coefficient (Wildman–Crippen LogP) is -0.751. The highest BCUT2D eigenvalue weighted by Crippen LogP contribution is 2.39. The molecule has 2 aromatic heterocycles. The molecule has 0 aliphatic carbocycles. The molecule has 0 spiro atoms. The number of imidazole rings is 1. The lowest BCUT2D eigenvalue weighted by Crippen LogP contribution is -2.31. The summed E-state index contributed by atoms with van der Waals surface area (Å²) >= 11 is 5.77. The number of nitrogens with two attached hydrogens (primary N) is 1. The molecule has 0 radical (unpaired) electrons. The molecule has 2 aromatic rings. The highest BCUT2D eigenvalue weighted by Gasteiger charge is 2.44. The van der Waals surface area contributed by atoms with Crippen molar-refractivity contribution in [2.45, 2.75) is 31.0 Å². The number of hydrogen-bond acceptors (Lipinski definition) is 8. The van der Waals surface area contributed by atoms with E-state index in [-0.39, 0.29) is 28.7 Å². The molecular weight excluding hydrogens is 365 g/mol. The lowest BCUT2D eigenvalue weighted by Gasteiger charge is -2.16. The molecule has 11 nitrogen and oxygen atoms in total. The summed E-state index contributed by atoms with van der Waals surface area (Å²) in [5.41, 5.74) is 6.16. The number of hydrogen-bond donors (Lipinski definition) is 5. The van der Waals surface area contributed by atoms with Crippen LogP contribution >= 0.6 is 19.2 Å². The number of halogens is 1. The second-order valence-electron chi connectivity index (χ2n) is 5.43. The Morgan fingerprint density at radius 1 is 1.33 bits per heavy atom. The molecule has 3 rings (SSSR count). The third-order valence-corrected chi connectivity index (χ3v) is 4.75. The molecule has 13 heteroatoms. The fourth-order valence-corrected chi connectivity index (χ4v) is 3.35. The fourth-order valence-electron chi connectivity index (χ4n) is 2.59. The Morgan fingerprint density at radius 3 is 2.71 bits per heavy atom. The van der Waals surface area contributed by atoms with E-state index in [0.717, 1.165) is 0 Å². The Balaban J connectivity index is 1.89. The van der Waals surface area contributed by atoms with Gasteiger partial charge in [-0.1, -0.05) is 0 Å². The largest absolute Gasteiger partial charge is 0.388 e. The normalized spacial score (nSPS) is 27.9. The van der Waals surface area contributed by atoms with Gasteiger partial charge < -0.3 is 30.5 Å². The molecule has 0 amide bonds. The summed E-state index contributed by atoms with van der Waals surface area (Å²) < 4.78 is 17.9. The molecule has 1 saturated heterocycles. The van der Waals surface area contributed by atoms with Crippen LogP contribution < -0.4 is 5.73 Å². The fraction of sp³-hybridized carbons (Fsp3) is 0.545. The van der Waals surface area contributed by atoms with Crippen molar-refractivity contribution in [3.8, 4) is 0 Å². The molecule has 1 aliphatic heterocycles. The maximum absolute atomic E-state index is 11.0. The van der Waals surface area contributed by atoms with Crippen LogP contribution in [0.1, 0.15) is 12.6 Å². The van der Waals surface area contributed by atoms with E-state index in [4.69, 9.17) is 31.9 Å². The Hall–Kier alpha value is -1.33. The van der Waals surface area contributed by atoms with Crippen molar-refractivity contribution < 1.29 is 29.3 Å². The summed E-state index contributed by atoms with van der Waals surface area (Å²) in [5, 5.41) is 20.1. The van der Waals surface area contributed by atoms with Gasteiger partial charge in [-0.15, -0.1) is 0 Å². The van der Waals surface area contributed by atoms with Crippen LogP contribution in [-0.2, 0) is 9.30 Å². The third kappa shape index (κ3) is 3.24. The van der Waals surface area contributed by atoms with E-state index in [1.807, 2.05) is 0 Å². The van der Waals surface area contributed by atoms with Crippen LogP contribution in [0.3, 0.4) is 0 Å². The molecule has 0 aromatic carbocycles. The van der Waals surface area contributed by atoms with Crippen molar-refractivity contribution in [2.24, 2.45) is 0 Å². The lowest BCUT2D eigenvalue weighted by atomic mass is 10.1. The van der Waals surface area contributed by atoms with Crippen LogP contribution in [0.25, 0.3) is 11.2 Å². The molecule has 24 heavy (non-hydrogen) atoms. The van der Waals surface area contributed by atoms with Gasteiger partial charge in [-0.25, -0.2) is 4.98 Å². The number of nitrogens with zero attached hydrogens (tertiary/aromatic N) is 4. The first-order valence-electron chi connectivity index (χ1n) is 6.89. The van der Waals surface area contributed by atoms with Crippen LogP contribution in [-0.4, -0.2) is 64.0 Å². The smallest absolute Gasteiger partial charge is 0.325 e. The molecule has 6 N–H and O–H groups in total. The maximum Gasteiger partial charge on any atom is 0.325 e. The van der Waals surface area contributed by atoms with E-state index in [2.05, 4.69) is 15.0 Å². The number of aliphatic hydroxyl groups is 2. The molecule has 1 aliphatic rings. The number of rotatable bonds is 4. The van der Waals surface area contributed by atoms with Crippen LogP contribution in [0.5, 0.6) is 0 Å². The van der Waals surface area contributed by atoms with Crippen molar-refractivity contribution in [3.05, 3.63) is 11.6 Å². The van der Waals surface area contributed by atoms with Crippen molar-refractivity contribution in [1.29, 1.82) is 0 Å². The topological polar surface area (TPSA) is 177 Å². The van der Waals surface area contributed by atoms with E-state index in [1.54, 1.807) is 0 Å². The van der Waals surface area contributed by atoms with Gasteiger partial charge in [-0.05, 0) is 18.0 Å². The van der Waals surface area contributed by atoms with Crippen molar-refractivity contribution in [3.63, 3.8) is 0 Å². The average molecular weight is 380 g/mol. The standard InChI is InChI=1S/C11H15ClN5O6P/c12-11-15-8(13)5-9(16-11)17(3-14-5)10-7(19)6(18)4(23-10)1-2-24(20,21)22/h3-4,6-7,10,18-19H,1-2H2,(H2,13,15,16)(H2,20,21,22). The number of aliphatic hydroxyl groups excluding tert-OH is 2. The molecule has 4 atom stereocenters. The van der Waals surface area contributed by atoms with Gasteiger partial charge in [0.25, 0.3) is 0 Å². The molecule has 0 saturated carbocycles. The van der Waals surface area contributed by atoms with E-state index in [1.165, 1.54) is 10.9 Å². The third-order valence-electron chi connectivity index (χ3n) is 3.74. The van der Waals surface area contributed by atoms with Crippen LogP contribution in [0.2, 0.25) is 5.28 Å². The number of ether oxygens (including phenoxy) is 1. The zero-order valence-corrected chi connectivity index (χ0v) is 13.7. The number of nitrogen functional groups attached to an aromatic ring is 1. The van der Waals surface area contributed by atoms with Gasteiger partial charge in [0.2, 0.25) is 5.28 Å². The Kier molecular flexibility index (Phi) is 4.51. The van der Waals surface area contributed by atoms with E-state index in [0.29, 0.717) is 0 Å². The van der Waals surface area contributed by atoms with Gasteiger partial charge in [-0.2, -0.15) is 9.97 Å². The minimum absolute atomic E-state index is 0.0508. The summed E-state index contributed by atoms with van der Waals surface area (Å²) in [6, 6.07) is 0. The maximum atomic E-state index is 11.0. The Bertz CT molecular complexity index is 812. The highest BCUT2D eigenvalue weighted by atomic mass is 35.5. The van der Waals surface area contributed by atoms with E-state index in [9.17, 15) is 14.8 Å². The molecule has 3 heterocycles. The van der Waals surface area contributed by atoms with Gasteiger partial charge in [-0.3, -0.25) is 9.13 Å². The summed E-state index contributed by atoms with van der Waals surface area (Å²) in [7, 11) is -4.24. The second-order valence-corrected chi connectivity index (χ2v) is 7.54. The summed E-state index contributed by atoms with van der Waals surface area (Å²) in [4.78, 5) is 29.6. The first kappa shape index (κ1) is 17.5. The molecular formula is C11H15ClN5O6P. The first-order valence-corrected chi connectivity index (χ1v) is 9.06. The van der Waals surface area contributed by atoms with Crippen LogP contribution in [0.4, 0.5) is 5.82 Å². The van der Waals surface area contributed by atoms with Crippen molar-refractivity contribution in [2.75, 3.05) is 11.9 Å². The molecule has 132 valence electrons. The summed E-state index contributed by atoms with van der Waals surface area (Å²) in [6.07, 6.45) is -3.98. The SMILES string of the molecule is Nc1nc(Cl)nc2c1ncn2C1OC(CCP(=O)(O)O)C(O)C1O. The average Bonchev–Trinajstić information content (AvgIpc) is 3.00. The highest BCUT2D eigenvalue weighted by molar-refractivity contribution is 7.51. The van der Waals surface area contributed by atoms with Crippen LogP contribution in [0, 0.1) is 0 Å². The van der Waals surface area contributed by atoms with Crippen molar-refractivity contribution >= 4 is 36.2 Å². The van der Waals surface area contributed by atoms with Gasteiger partial charge in [0, 0.05) is 0 Å². The Labute approximate surface area is 140 Å². The van der Waals surface area contributed by atoms with Gasteiger partial charge in [0.15, 0.2) is 17.7 Å². The minimum atomic E-state index is -4.24. The monoisotopic (exact) mass is 379 g/mol. The molecule has 1 fully saturated rings. The number of fused-ring (bicyclic) bond motifs is 1. The molecule has 4 unspecified atom stereocenters. The van der Waals surface area contributed by atoms with Gasteiger partial charge in [0.05, 0.1) is 18.6 Å². The predicted molar refractivity (Wildman–Crippen MR) is 82.2 cm³/mol. The Morgan fingerprint density at radius 2 is 2.04 bits per heavy atom. The van der Waals surface area contributed by atoms with Crippen molar-refractivity contribution in [1.82, 2.24) is 19.5 Å². The quantitative estimate of drug-likeness (QED) is 0.335. The van der Waals surface area contributed by atoms with E-state index < -0.39 is 38.3 Å². The van der Waals surface area contributed by atoms with Gasteiger partial charge in [0.1, 0.15) is 17.7 Å². The number of aromatic nitrogens is 4. The zero-order valence-electron chi connectivity index (χ0n) is 12.1. The first-order chi connectivity index (χ1) is 11.2. The molecule has 0 bridgehead atoms. The number of anilines is 1. The van der Waals surface area contributed by atoms with E-state index >= 15 is 0 Å². The van der Waals surface area contributed by atoms with Crippen LogP contribution in [0.15, 0.2) is 6.33 Å². The summed E-state index contributed by atoms with van der Waals surface area (Å²) in [6.45, 7) is 0. The summed E-state index contributed by atoms with van der Waals surface area (Å²) in [5.74, 6) is 0.0508. The second kappa shape index (κ2) is 6.19. The minimum Gasteiger partial charge on any atom is -0.388 e.